The number of tetrazole rings is 1. The zero-order valence-corrected chi connectivity index (χ0v) is 11.5. The van der Waals surface area contributed by atoms with Crippen LogP contribution < -0.4 is 5.32 Å². The predicted octanol–water partition coefficient (Wildman–Crippen LogP) is 0.411. The Kier molecular flexibility index (Phi) is 4.78. The van der Waals surface area contributed by atoms with Gasteiger partial charge in [0, 0.05) is 19.2 Å². The molecule has 1 heterocycles. The molecule has 0 aliphatic heterocycles. The maximum Gasteiger partial charge on any atom is 0.243 e. The zero-order valence-electron chi connectivity index (χ0n) is 11.5. The summed E-state index contributed by atoms with van der Waals surface area (Å²) in [4.78, 5) is 12.9. The number of amides is 1. The van der Waals surface area contributed by atoms with Gasteiger partial charge < -0.3 is 10.1 Å². The number of nitrogens with zero attached hydrogens (tertiary/aromatic N) is 4. The van der Waals surface area contributed by atoms with Crippen LogP contribution in [-0.2, 0) is 16.1 Å². The fraction of sp³-hybridized carbons (Fsp3) is 0.385. The molecule has 7 nitrogen and oxygen atoms in total. The molecular formula is C13H17N5O2. The van der Waals surface area contributed by atoms with Crippen LogP contribution in [0.5, 0.6) is 0 Å². The number of ether oxygens (including phenoxy) is 1. The molecule has 0 radical (unpaired) electrons. The highest BCUT2D eigenvalue weighted by molar-refractivity contribution is 5.75. The van der Waals surface area contributed by atoms with Gasteiger partial charge in [-0.05, 0) is 17.7 Å². The lowest BCUT2D eigenvalue weighted by atomic mass is 10.1. The fourth-order valence-corrected chi connectivity index (χ4v) is 1.72. The van der Waals surface area contributed by atoms with Gasteiger partial charge in [-0.25, -0.2) is 0 Å². The average molecular weight is 275 g/mol. The van der Waals surface area contributed by atoms with Gasteiger partial charge in [0.25, 0.3) is 0 Å². The van der Waals surface area contributed by atoms with E-state index in [1.807, 2.05) is 31.2 Å². The van der Waals surface area contributed by atoms with E-state index >= 15 is 0 Å². The molecule has 2 aromatic rings. The highest BCUT2D eigenvalue weighted by atomic mass is 16.5. The number of hydrogen-bond donors (Lipinski definition) is 1. The summed E-state index contributed by atoms with van der Waals surface area (Å²) in [5.74, 6) is 0.351. The van der Waals surface area contributed by atoms with Gasteiger partial charge in [-0.3, -0.25) is 4.79 Å². The van der Waals surface area contributed by atoms with Gasteiger partial charge in [0.2, 0.25) is 11.7 Å². The Bertz CT molecular complexity index is 582. The molecule has 1 amide bonds. The number of aromatic nitrogens is 4. The van der Waals surface area contributed by atoms with E-state index in [-0.39, 0.29) is 12.5 Å². The molecule has 0 saturated heterocycles. The van der Waals surface area contributed by atoms with E-state index in [4.69, 9.17) is 4.74 Å². The minimum absolute atomic E-state index is 0.0442. The highest BCUT2D eigenvalue weighted by Crippen LogP contribution is 2.17. The summed E-state index contributed by atoms with van der Waals surface area (Å²) >= 11 is 0. The average Bonchev–Trinajstić information content (AvgIpc) is 2.88. The molecule has 0 spiro atoms. The predicted molar refractivity (Wildman–Crippen MR) is 72.9 cm³/mol. The van der Waals surface area contributed by atoms with Gasteiger partial charge in [0.15, 0.2) is 0 Å². The maximum atomic E-state index is 11.6. The van der Waals surface area contributed by atoms with Crippen LogP contribution in [0.2, 0.25) is 0 Å². The molecule has 2 rings (SSSR count). The summed E-state index contributed by atoms with van der Waals surface area (Å²) in [5, 5.41) is 14.8. The quantitative estimate of drug-likeness (QED) is 0.772. The first-order chi connectivity index (χ1) is 9.70. The molecule has 106 valence electrons. The second kappa shape index (κ2) is 6.76. The van der Waals surface area contributed by atoms with E-state index in [0.29, 0.717) is 19.0 Å². The Morgan fingerprint density at radius 2 is 2.20 bits per heavy atom. The van der Waals surface area contributed by atoms with Crippen molar-refractivity contribution in [1.29, 1.82) is 0 Å². The Hall–Kier alpha value is -2.28. The van der Waals surface area contributed by atoms with E-state index < -0.39 is 0 Å². The van der Waals surface area contributed by atoms with Crippen molar-refractivity contribution < 1.29 is 9.53 Å². The van der Waals surface area contributed by atoms with Crippen molar-refractivity contribution >= 4 is 5.91 Å². The molecule has 1 aromatic carbocycles. The Morgan fingerprint density at radius 1 is 1.40 bits per heavy atom. The lowest BCUT2D eigenvalue weighted by Gasteiger charge is -2.02. The number of benzene rings is 1. The monoisotopic (exact) mass is 275 g/mol. The second-order valence-corrected chi connectivity index (χ2v) is 4.30. The summed E-state index contributed by atoms with van der Waals surface area (Å²) in [6.45, 7) is 2.97. The van der Waals surface area contributed by atoms with Gasteiger partial charge >= 0.3 is 0 Å². The molecule has 0 bridgehead atoms. The topological polar surface area (TPSA) is 81.9 Å². The largest absolute Gasteiger partial charge is 0.383 e. The number of carbonyl (C=O) groups is 1. The second-order valence-electron chi connectivity index (χ2n) is 4.30. The van der Waals surface area contributed by atoms with Crippen molar-refractivity contribution in [2.24, 2.45) is 0 Å². The van der Waals surface area contributed by atoms with Crippen molar-refractivity contribution in [3.8, 4) is 11.4 Å². The van der Waals surface area contributed by atoms with Gasteiger partial charge in [-0.15, -0.1) is 10.2 Å². The number of aryl methyl sites for hydroxylation is 1. The number of hydrogen-bond acceptors (Lipinski definition) is 5. The van der Waals surface area contributed by atoms with Gasteiger partial charge in [0.1, 0.15) is 6.54 Å². The van der Waals surface area contributed by atoms with E-state index in [1.54, 1.807) is 7.11 Å². The number of carbonyl (C=O) groups excluding carboxylic acids is 1. The van der Waals surface area contributed by atoms with Crippen molar-refractivity contribution in [2.75, 3.05) is 20.3 Å². The van der Waals surface area contributed by atoms with Crippen LogP contribution in [0.15, 0.2) is 24.3 Å². The minimum atomic E-state index is -0.171. The number of nitrogens with one attached hydrogen (secondary N) is 1. The van der Waals surface area contributed by atoms with E-state index in [9.17, 15) is 4.79 Å². The van der Waals surface area contributed by atoms with Crippen LogP contribution >= 0.6 is 0 Å². The number of rotatable bonds is 6. The first-order valence-corrected chi connectivity index (χ1v) is 6.30. The molecule has 1 aromatic heterocycles. The highest BCUT2D eigenvalue weighted by Gasteiger charge is 2.10. The fourth-order valence-electron chi connectivity index (χ4n) is 1.72. The van der Waals surface area contributed by atoms with Crippen molar-refractivity contribution in [3.05, 3.63) is 29.8 Å². The first kappa shape index (κ1) is 14.1. The minimum Gasteiger partial charge on any atom is -0.383 e. The smallest absolute Gasteiger partial charge is 0.243 e. The molecule has 0 aliphatic carbocycles. The van der Waals surface area contributed by atoms with Gasteiger partial charge in [0.05, 0.1) is 6.61 Å². The lowest BCUT2D eigenvalue weighted by molar-refractivity contribution is -0.122. The summed E-state index contributed by atoms with van der Waals surface area (Å²) in [7, 11) is 1.58. The molecule has 0 aliphatic rings. The molecule has 0 saturated carbocycles. The Labute approximate surface area is 116 Å². The standard InChI is InChI=1S/C13H17N5O2/c1-10-5-3-4-6-11(10)13-15-17-18(16-13)9-12(19)14-7-8-20-2/h3-6H,7-9H2,1-2H3,(H,14,19). The third-order valence-corrected chi connectivity index (χ3v) is 2.75. The molecule has 0 atom stereocenters. The summed E-state index contributed by atoms with van der Waals surface area (Å²) in [6.07, 6.45) is 0. The summed E-state index contributed by atoms with van der Waals surface area (Å²) in [6, 6.07) is 7.77. The van der Waals surface area contributed by atoms with E-state index in [1.165, 1.54) is 4.80 Å². The molecule has 7 heteroatoms. The van der Waals surface area contributed by atoms with Gasteiger partial charge in [-0.1, -0.05) is 24.3 Å². The van der Waals surface area contributed by atoms with Crippen LogP contribution in [0.1, 0.15) is 5.56 Å². The first-order valence-electron chi connectivity index (χ1n) is 6.30. The van der Waals surface area contributed by atoms with E-state index in [0.717, 1.165) is 11.1 Å². The van der Waals surface area contributed by atoms with Gasteiger partial charge in [-0.2, -0.15) is 4.80 Å². The summed E-state index contributed by atoms with van der Waals surface area (Å²) in [5.41, 5.74) is 1.98. The van der Waals surface area contributed by atoms with Crippen molar-refractivity contribution in [1.82, 2.24) is 25.5 Å². The zero-order chi connectivity index (χ0) is 14.4. The van der Waals surface area contributed by atoms with E-state index in [2.05, 4.69) is 20.7 Å². The Balaban J connectivity index is 1.99. The van der Waals surface area contributed by atoms with Crippen LogP contribution in [0.4, 0.5) is 0 Å². The number of methoxy groups -OCH3 is 1. The van der Waals surface area contributed by atoms with Crippen LogP contribution in [0.3, 0.4) is 0 Å². The lowest BCUT2D eigenvalue weighted by Crippen LogP contribution is -2.31. The van der Waals surface area contributed by atoms with Crippen LogP contribution in [0, 0.1) is 6.92 Å². The third-order valence-electron chi connectivity index (χ3n) is 2.75. The maximum absolute atomic E-state index is 11.6. The summed E-state index contributed by atoms with van der Waals surface area (Å²) < 4.78 is 4.85. The molecule has 20 heavy (non-hydrogen) atoms. The third kappa shape index (κ3) is 3.61. The van der Waals surface area contributed by atoms with Crippen LogP contribution in [0.25, 0.3) is 11.4 Å². The van der Waals surface area contributed by atoms with Crippen molar-refractivity contribution in [3.63, 3.8) is 0 Å². The Morgan fingerprint density at radius 3 is 2.95 bits per heavy atom. The molecular weight excluding hydrogens is 258 g/mol. The van der Waals surface area contributed by atoms with Crippen molar-refractivity contribution in [2.45, 2.75) is 13.5 Å². The molecule has 1 N–H and O–H groups in total. The van der Waals surface area contributed by atoms with Crippen LogP contribution in [-0.4, -0.2) is 46.4 Å². The normalized spacial score (nSPS) is 10.5. The molecule has 0 fully saturated rings. The molecule has 0 unspecified atom stereocenters. The SMILES string of the molecule is COCCNC(=O)Cn1nnc(-c2ccccc2C)n1.